The molecule has 0 unspecified atom stereocenters. The molecular formula is C21H17N3O3S. The van der Waals surface area contributed by atoms with Crippen molar-refractivity contribution in [3.05, 3.63) is 84.3 Å². The fraction of sp³-hybridized carbons (Fsp3) is 0.0952. The molecular weight excluding hydrogens is 374 g/mol. The molecule has 1 N–H and O–H groups in total. The van der Waals surface area contributed by atoms with Gasteiger partial charge in [0.05, 0.1) is 18.6 Å². The number of ketones is 1. The summed E-state index contributed by atoms with van der Waals surface area (Å²) < 4.78 is 7.39. The summed E-state index contributed by atoms with van der Waals surface area (Å²) in [5, 5.41) is 18.8. The van der Waals surface area contributed by atoms with Gasteiger partial charge in [-0.3, -0.25) is 9.36 Å². The predicted octanol–water partition coefficient (Wildman–Crippen LogP) is 4.27. The van der Waals surface area contributed by atoms with Crippen LogP contribution in [0.1, 0.15) is 16.1 Å². The van der Waals surface area contributed by atoms with Crippen molar-refractivity contribution in [1.82, 2.24) is 14.8 Å². The number of rotatable bonds is 7. The number of carbonyl (C=O) groups is 1. The van der Waals surface area contributed by atoms with Gasteiger partial charge in [-0.2, -0.15) is 0 Å². The molecule has 0 amide bonds. The van der Waals surface area contributed by atoms with Gasteiger partial charge in [-0.15, -0.1) is 10.2 Å². The van der Waals surface area contributed by atoms with Gasteiger partial charge in [-0.05, 0) is 36.4 Å². The monoisotopic (exact) mass is 391 g/mol. The summed E-state index contributed by atoms with van der Waals surface area (Å²) in [5.74, 6) is 1.88. The number of hydrogen-bond acceptors (Lipinski definition) is 6. The summed E-state index contributed by atoms with van der Waals surface area (Å²) in [6.45, 7) is 0.443. The lowest BCUT2D eigenvalue weighted by molar-refractivity contribution is 0.102. The first kappa shape index (κ1) is 18.1. The number of phenols is 1. The van der Waals surface area contributed by atoms with Gasteiger partial charge in [0.1, 0.15) is 11.5 Å². The third-order valence-electron chi connectivity index (χ3n) is 4.16. The molecule has 0 aliphatic carbocycles. The summed E-state index contributed by atoms with van der Waals surface area (Å²) in [7, 11) is 0. The number of thioether (sulfide) groups is 1. The molecule has 0 aliphatic heterocycles. The first-order valence-corrected chi connectivity index (χ1v) is 9.65. The fourth-order valence-electron chi connectivity index (χ4n) is 2.76. The highest BCUT2D eigenvalue weighted by Crippen LogP contribution is 2.27. The number of nitrogens with zero attached hydrogens (tertiary/aromatic N) is 3. The van der Waals surface area contributed by atoms with Gasteiger partial charge in [-0.1, -0.05) is 42.1 Å². The maximum atomic E-state index is 12.4. The van der Waals surface area contributed by atoms with E-state index in [4.69, 9.17) is 4.42 Å². The Hall–Kier alpha value is -3.32. The molecule has 0 saturated heterocycles. The van der Waals surface area contributed by atoms with Crippen molar-refractivity contribution in [2.45, 2.75) is 11.7 Å². The number of phenolic OH excluding ortho intramolecular Hbond substituents is 1. The number of Topliss-reactive ketones (excluding diaryl/α,β-unsaturated/α-hetero) is 1. The molecule has 4 rings (SSSR count). The Bertz CT molecular complexity index is 1060. The first-order chi connectivity index (χ1) is 13.7. The van der Waals surface area contributed by atoms with Gasteiger partial charge in [0.25, 0.3) is 0 Å². The minimum Gasteiger partial charge on any atom is -0.508 e. The summed E-state index contributed by atoms with van der Waals surface area (Å²) in [6, 6.07) is 19.7. The second-order valence-corrected chi connectivity index (χ2v) is 7.04. The van der Waals surface area contributed by atoms with Crippen LogP contribution in [0, 0.1) is 0 Å². The van der Waals surface area contributed by atoms with E-state index in [1.807, 2.05) is 34.9 Å². The zero-order chi connectivity index (χ0) is 19.3. The molecule has 2 aromatic heterocycles. The van der Waals surface area contributed by atoms with E-state index in [0.29, 0.717) is 23.1 Å². The maximum absolute atomic E-state index is 12.4. The van der Waals surface area contributed by atoms with Crippen molar-refractivity contribution >= 4 is 17.5 Å². The summed E-state index contributed by atoms with van der Waals surface area (Å²) in [5.41, 5.74) is 1.49. The molecule has 0 fully saturated rings. The van der Waals surface area contributed by atoms with Gasteiger partial charge < -0.3 is 9.52 Å². The van der Waals surface area contributed by atoms with Crippen LogP contribution >= 0.6 is 11.8 Å². The highest BCUT2D eigenvalue weighted by molar-refractivity contribution is 7.99. The van der Waals surface area contributed by atoms with Gasteiger partial charge in [0.2, 0.25) is 0 Å². The lowest BCUT2D eigenvalue weighted by Crippen LogP contribution is -2.06. The Balaban J connectivity index is 1.61. The molecule has 0 spiro atoms. The van der Waals surface area contributed by atoms with E-state index in [2.05, 4.69) is 10.2 Å². The largest absolute Gasteiger partial charge is 0.508 e. The highest BCUT2D eigenvalue weighted by Gasteiger charge is 2.17. The molecule has 2 aromatic carbocycles. The maximum Gasteiger partial charge on any atom is 0.192 e. The number of hydrogen-bond donors (Lipinski definition) is 1. The second-order valence-electron chi connectivity index (χ2n) is 6.10. The van der Waals surface area contributed by atoms with Crippen LogP contribution in [0.25, 0.3) is 11.4 Å². The topological polar surface area (TPSA) is 81.1 Å². The lowest BCUT2D eigenvalue weighted by atomic mass is 10.2. The van der Waals surface area contributed by atoms with Crippen LogP contribution in [-0.2, 0) is 6.54 Å². The third-order valence-corrected chi connectivity index (χ3v) is 5.13. The van der Waals surface area contributed by atoms with Crippen LogP contribution < -0.4 is 0 Å². The molecule has 0 atom stereocenters. The Morgan fingerprint density at radius 3 is 2.50 bits per heavy atom. The molecule has 4 aromatic rings. The standard InChI is InChI=1S/C21H17N3O3S/c25-17-10-8-16(9-11-17)20-22-23-21(24(20)13-18-7-4-12-27-18)28-14-19(26)15-5-2-1-3-6-15/h1-12,25H,13-14H2. The Morgan fingerprint density at radius 2 is 1.79 bits per heavy atom. The lowest BCUT2D eigenvalue weighted by Gasteiger charge is -2.09. The predicted molar refractivity (Wildman–Crippen MR) is 106 cm³/mol. The van der Waals surface area contributed by atoms with Crippen molar-refractivity contribution in [2.75, 3.05) is 5.75 Å². The molecule has 140 valence electrons. The van der Waals surface area contributed by atoms with Gasteiger partial charge in [0.15, 0.2) is 16.8 Å². The number of carbonyl (C=O) groups excluding carboxylic acids is 1. The zero-order valence-electron chi connectivity index (χ0n) is 14.9. The van der Waals surface area contributed by atoms with E-state index in [-0.39, 0.29) is 17.3 Å². The van der Waals surface area contributed by atoms with Crippen molar-refractivity contribution in [3.63, 3.8) is 0 Å². The van der Waals surface area contributed by atoms with Crippen molar-refractivity contribution in [1.29, 1.82) is 0 Å². The van der Waals surface area contributed by atoms with E-state index in [0.717, 1.165) is 11.3 Å². The summed E-state index contributed by atoms with van der Waals surface area (Å²) in [4.78, 5) is 12.4. The van der Waals surface area contributed by atoms with Crippen LogP contribution in [0.4, 0.5) is 0 Å². The quantitative estimate of drug-likeness (QED) is 0.374. The molecule has 6 nitrogen and oxygen atoms in total. The van der Waals surface area contributed by atoms with Gasteiger partial charge >= 0.3 is 0 Å². The van der Waals surface area contributed by atoms with Gasteiger partial charge in [-0.25, -0.2) is 0 Å². The SMILES string of the molecule is O=C(CSc1nnc(-c2ccc(O)cc2)n1Cc1ccco1)c1ccccc1. The highest BCUT2D eigenvalue weighted by atomic mass is 32.2. The smallest absolute Gasteiger partial charge is 0.192 e. The summed E-state index contributed by atoms with van der Waals surface area (Å²) in [6.07, 6.45) is 1.62. The van der Waals surface area contributed by atoms with Crippen molar-refractivity contribution in [2.24, 2.45) is 0 Å². The average Bonchev–Trinajstić information content (AvgIpc) is 3.38. The third kappa shape index (κ3) is 3.99. The molecule has 0 aliphatic rings. The number of furan rings is 1. The van der Waals surface area contributed by atoms with E-state index in [9.17, 15) is 9.90 Å². The van der Waals surface area contributed by atoms with Crippen molar-refractivity contribution in [3.8, 4) is 17.1 Å². The Morgan fingerprint density at radius 1 is 1.00 bits per heavy atom. The minimum atomic E-state index is 0.0318. The Labute approximate surface area is 165 Å². The van der Waals surface area contributed by atoms with Crippen LogP contribution in [0.15, 0.2) is 82.6 Å². The second kappa shape index (κ2) is 8.14. The normalized spacial score (nSPS) is 10.9. The molecule has 2 heterocycles. The van der Waals surface area contributed by atoms with Crippen molar-refractivity contribution < 1.29 is 14.3 Å². The molecule has 0 bridgehead atoms. The van der Waals surface area contributed by atoms with Crippen LogP contribution in [0.2, 0.25) is 0 Å². The molecule has 7 heteroatoms. The molecule has 0 radical (unpaired) electrons. The number of aromatic nitrogens is 3. The van der Waals surface area contributed by atoms with E-state index in [1.165, 1.54) is 11.8 Å². The van der Waals surface area contributed by atoms with Gasteiger partial charge in [0, 0.05) is 11.1 Å². The molecule has 28 heavy (non-hydrogen) atoms. The first-order valence-electron chi connectivity index (χ1n) is 8.67. The summed E-state index contributed by atoms with van der Waals surface area (Å²) >= 11 is 1.34. The van der Waals surface area contributed by atoms with Crippen LogP contribution in [0.5, 0.6) is 5.75 Å². The van der Waals surface area contributed by atoms with Crippen LogP contribution in [-0.4, -0.2) is 31.4 Å². The molecule has 0 saturated carbocycles. The zero-order valence-corrected chi connectivity index (χ0v) is 15.7. The number of benzene rings is 2. The van der Waals surface area contributed by atoms with E-state index < -0.39 is 0 Å². The number of aromatic hydroxyl groups is 1. The Kier molecular flexibility index (Phi) is 5.25. The van der Waals surface area contributed by atoms with E-state index >= 15 is 0 Å². The minimum absolute atomic E-state index is 0.0318. The van der Waals surface area contributed by atoms with E-state index in [1.54, 1.807) is 42.7 Å². The average molecular weight is 391 g/mol. The van der Waals surface area contributed by atoms with Crippen LogP contribution in [0.3, 0.4) is 0 Å². The fourth-order valence-corrected chi connectivity index (χ4v) is 3.59.